The van der Waals surface area contributed by atoms with E-state index in [1.165, 1.54) is 57.4 Å². The van der Waals surface area contributed by atoms with Crippen molar-refractivity contribution >= 4 is 0 Å². The molecule has 0 aromatic carbocycles. The summed E-state index contributed by atoms with van der Waals surface area (Å²) in [6, 6.07) is 2.10. The number of hydrogen-bond acceptors (Lipinski definition) is 3. The highest BCUT2D eigenvalue weighted by Gasteiger charge is 2.26. The summed E-state index contributed by atoms with van der Waals surface area (Å²) < 4.78 is 0. The number of aromatic nitrogens is 2. The second kappa shape index (κ2) is 5.35. The van der Waals surface area contributed by atoms with Crippen LogP contribution >= 0.6 is 0 Å². The van der Waals surface area contributed by atoms with E-state index in [9.17, 15) is 0 Å². The van der Waals surface area contributed by atoms with Crippen LogP contribution in [0.4, 0.5) is 0 Å². The van der Waals surface area contributed by atoms with Crippen LogP contribution in [0, 0.1) is 12.8 Å². The smallest absolute Gasteiger partial charge is 0.125 e. The molecule has 1 aromatic rings. The normalized spacial score (nSPS) is 25.9. The van der Waals surface area contributed by atoms with E-state index < -0.39 is 0 Å². The fraction of sp³-hybridized carbons (Fsp3) is 0.733. The van der Waals surface area contributed by atoms with Gasteiger partial charge in [0.1, 0.15) is 5.82 Å². The van der Waals surface area contributed by atoms with E-state index in [1.54, 1.807) is 0 Å². The van der Waals surface area contributed by atoms with Crippen molar-refractivity contribution in [1.82, 2.24) is 14.9 Å². The van der Waals surface area contributed by atoms with Gasteiger partial charge in [-0.15, -0.1) is 0 Å². The number of rotatable bonds is 3. The molecule has 2 aliphatic rings. The van der Waals surface area contributed by atoms with E-state index >= 15 is 0 Å². The van der Waals surface area contributed by atoms with E-state index in [-0.39, 0.29) is 0 Å². The zero-order valence-electron chi connectivity index (χ0n) is 11.3. The van der Waals surface area contributed by atoms with Gasteiger partial charge in [0.05, 0.1) is 0 Å². The van der Waals surface area contributed by atoms with Crippen LogP contribution in [-0.2, 0) is 0 Å². The van der Waals surface area contributed by atoms with Crippen LogP contribution in [0.3, 0.4) is 0 Å². The van der Waals surface area contributed by atoms with Crippen molar-refractivity contribution in [3.8, 4) is 0 Å². The molecule has 3 nitrogen and oxygen atoms in total. The molecule has 0 radical (unpaired) electrons. The highest BCUT2D eigenvalue weighted by Crippen LogP contribution is 2.30. The van der Waals surface area contributed by atoms with Gasteiger partial charge in [-0.1, -0.05) is 6.42 Å². The lowest BCUT2D eigenvalue weighted by molar-refractivity contribution is 0.143. The summed E-state index contributed by atoms with van der Waals surface area (Å²) in [4.78, 5) is 11.5. The van der Waals surface area contributed by atoms with Gasteiger partial charge < -0.3 is 4.90 Å². The van der Waals surface area contributed by atoms with Crippen LogP contribution < -0.4 is 0 Å². The van der Waals surface area contributed by atoms with Crippen molar-refractivity contribution in [2.75, 3.05) is 19.6 Å². The molecule has 0 spiro atoms. The Morgan fingerprint density at radius 1 is 1.28 bits per heavy atom. The third-order valence-corrected chi connectivity index (χ3v) is 4.46. The lowest BCUT2D eigenvalue weighted by atomic mass is 9.84. The van der Waals surface area contributed by atoms with E-state index in [2.05, 4.69) is 20.9 Å². The first kappa shape index (κ1) is 12.1. The molecule has 1 saturated heterocycles. The molecule has 3 heteroatoms. The predicted octanol–water partition coefficient (Wildman–Crippen LogP) is 2.76. The molecule has 0 N–H and O–H groups in total. The third-order valence-electron chi connectivity index (χ3n) is 4.46. The van der Waals surface area contributed by atoms with Gasteiger partial charge in [0.2, 0.25) is 0 Å². The number of aryl methyl sites for hydroxylation is 1. The Balaban J connectivity index is 1.62. The Hall–Kier alpha value is -0.960. The third kappa shape index (κ3) is 2.72. The molecule has 0 amide bonds. The van der Waals surface area contributed by atoms with Gasteiger partial charge in [-0.25, -0.2) is 9.97 Å². The Morgan fingerprint density at radius 3 is 2.89 bits per heavy atom. The van der Waals surface area contributed by atoms with Crippen LogP contribution in [0.2, 0.25) is 0 Å². The van der Waals surface area contributed by atoms with Gasteiger partial charge in [-0.2, -0.15) is 0 Å². The molecule has 1 aliphatic carbocycles. The highest BCUT2D eigenvalue weighted by molar-refractivity contribution is 5.10. The fourth-order valence-corrected chi connectivity index (χ4v) is 3.21. The minimum atomic E-state index is 0.625. The molecular weight excluding hydrogens is 222 g/mol. The first-order valence-electron chi connectivity index (χ1n) is 7.33. The summed E-state index contributed by atoms with van der Waals surface area (Å²) in [5.41, 5.74) is 1.25. The molecule has 1 saturated carbocycles. The average molecular weight is 245 g/mol. The molecule has 18 heavy (non-hydrogen) atoms. The largest absolute Gasteiger partial charge is 0.302 e. The Labute approximate surface area is 110 Å². The van der Waals surface area contributed by atoms with Crippen LogP contribution in [0.1, 0.15) is 49.5 Å². The summed E-state index contributed by atoms with van der Waals surface area (Å²) in [6.07, 6.45) is 8.87. The lowest BCUT2D eigenvalue weighted by Crippen LogP contribution is -2.39. The van der Waals surface area contributed by atoms with Crippen LogP contribution in [0.15, 0.2) is 12.3 Å². The fourth-order valence-electron chi connectivity index (χ4n) is 3.21. The van der Waals surface area contributed by atoms with Crippen molar-refractivity contribution < 1.29 is 0 Å². The van der Waals surface area contributed by atoms with Crippen LogP contribution in [0.25, 0.3) is 0 Å². The van der Waals surface area contributed by atoms with Gasteiger partial charge in [-0.3, -0.25) is 0 Å². The second-order valence-corrected chi connectivity index (χ2v) is 5.92. The number of nitrogens with zero attached hydrogens (tertiary/aromatic N) is 3. The Kier molecular flexibility index (Phi) is 3.59. The van der Waals surface area contributed by atoms with Gasteiger partial charge in [0.15, 0.2) is 0 Å². The standard InChI is InChI=1S/C15H23N3/c1-12-16-8-7-15(17-12)14-6-3-9-18(11-14)10-13-4-2-5-13/h7-8,13-14H,2-6,9-11H2,1H3/t14-/m1/s1. The SMILES string of the molecule is Cc1nccc([C@@H]2CCCN(CC3CCC3)C2)n1. The van der Waals surface area contributed by atoms with Crippen molar-refractivity contribution in [1.29, 1.82) is 0 Å². The van der Waals surface area contributed by atoms with Gasteiger partial charge in [0.25, 0.3) is 0 Å². The van der Waals surface area contributed by atoms with Crippen LogP contribution in [0.5, 0.6) is 0 Å². The van der Waals surface area contributed by atoms with Crippen molar-refractivity contribution in [3.05, 3.63) is 23.8 Å². The summed E-state index contributed by atoms with van der Waals surface area (Å²) in [5, 5.41) is 0. The molecule has 1 aromatic heterocycles. The summed E-state index contributed by atoms with van der Waals surface area (Å²) in [7, 11) is 0. The summed E-state index contributed by atoms with van der Waals surface area (Å²) in [6.45, 7) is 5.79. The molecule has 98 valence electrons. The first-order valence-corrected chi connectivity index (χ1v) is 7.33. The van der Waals surface area contributed by atoms with E-state index in [1.807, 2.05) is 13.1 Å². The zero-order valence-corrected chi connectivity index (χ0v) is 11.3. The minimum absolute atomic E-state index is 0.625. The van der Waals surface area contributed by atoms with Crippen molar-refractivity contribution in [2.45, 2.75) is 44.9 Å². The Bertz CT molecular complexity index is 400. The number of piperidine rings is 1. The van der Waals surface area contributed by atoms with E-state index in [4.69, 9.17) is 0 Å². The predicted molar refractivity (Wildman–Crippen MR) is 72.5 cm³/mol. The maximum absolute atomic E-state index is 4.61. The topological polar surface area (TPSA) is 29.0 Å². The Morgan fingerprint density at radius 2 is 2.17 bits per heavy atom. The van der Waals surface area contributed by atoms with Gasteiger partial charge >= 0.3 is 0 Å². The molecule has 0 bridgehead atoms. The first-order chi connectivity index (χ1) is 8.81. The van der Waals surface area contributed by atoms with Crippen molar-refractivity contribution in [2.24, 2.45) is 5.92 Å². The van der Waals surface area contributed by atoms with Gasteiger partial charge in [0, 0.05) is 30.9 Å². The number of likely N-dealkylation sites (tertiary alicyclic amines) is 1. The lowest BCUT2D eigenvalue weighted by Gasteiger charge is -2.37. The maximum Gasteiger partial charge on any atom is 0.125 e. The minimum Gasteiger partial charge on any atom is -0.302 e. The maximum atomic E-state index is 4.61. The van der Waals surface area contributed by atoms with Gasteiger partial charge in [-0.05, 0) is 51.1 Å². The average Bonchev–Trinajstić information content (AvgIpc) is 2.34. The molecule has 1 aliphatic heterocycles. The molecular formula is C15H23N3. The molecule has 2 heterocycles. The van der Waals surface area contributed by atoms with E-state index in [0.717, 1.165) is 11.7 Å². The highest BCUT2D eigenvalue weighted by atomic mass is 15.1. The zero-order chi connectivity index (χ0) is 12.4. The summed E-state index contributed by atoms with van der Waals surface area (Å²) in [5.74, 6) is 2.51. The summed E-state index contributed by atoms with van der Waals surface area (Å²) >= 11 is 0. The van der Waals surface area contributed by atoms with Crippen molar-refractivity contribution in [3.63, 3.8) is 0 Å². The molecule has 1 atom stereocenters. The molecule has 2 fully saturated rings. The van der Waals surface area contributed by atoms with E-state index in [0.29, 0.717) is 5.92 Å². The number of hydrogen-bond donors (Lipinski definition) is 0. The molecule has 3 rings (SSSR count). The second-order valence-electron chi connectivity index (χ2n) is 5.92. The quantitative estimate of drug-likeness (QED) is 0.820. The van der Waals surface area contributed by atoms with Crippen LogP contribution in [-0.4, -0.2) is 34.5 Å². The molecule has 0 unspecified atom stereocenters. The monoisotopic (exact) mass is 245 g/mol.